The summed E-state index contributed by atoms with van der Waals surface area (Å²) in [6.07, 6.45) is 4.93. The summed E-state index contributed by atoms with van der Waals surface area (Å²) in [5, 5.41) is 20.9. The highest BCUT2D eigenvalue weighted by Crippen LogP contribution is 2.37. The van der Waals surface area contributed by atoms with Gasteiger partial charge in [-0.15, -0.1) is 0 Å². The number of carboxylic acid groups (broad SMARTS) is 2. The molecule has 0 amide bonds. The van der Waals surface area contributed by atoms with E-state index in [1.807, 2.05) is 13.8 Å². The number of aliphatic imine (C=N–C) groups is 1. The molecule has 0 fully saturated rings. The first kappa shape index (κ1) is 36.8. The highest BCUT2D eigenvalue weighted by atomic mass is 35.5. The number of fused-ring (bicyclic) bond motifs is 4. The van der Waals surface area contributed by atoms with Gasteiger partial charge in [0.1, 0.15) is 0 Å². The lowest BCUT2D eigenvalue weighted by Gasteiger charge is -2.16. The number of rotatable bonds is 7. The maximum absolute atomic E-state index is 11.7. The molecule has 3 rings (SSSR count). The average molecular weight is 706 g/mol. The van der Waals surface area contributed by atoms with E-state index in [1.165, 1.54) is 0 Å². The Balaban J connectivity index is 2.60. The summed E-state index contributed by atoms with van der Waals surface area (Å²) in [4.78, 5) is 34.2. The lowest BCUT2D eigenvalue weighted by molar-refractivity contribution is -0.138. The van der Waals surface area contributed by atoms with Gasteiger partial charge in [-0.1, -0.05) is 65.6 Å². The molecule has 0 radical (unpaired) electrons. The minimum absolute atomic E-state index is 0.0309. The predicted molar refractivity (Wildman–Crippen MR) is 191 cm³/mol. The normalized spacial score (nSPS) is 23.8. The second kappa shape index (κ2) is 15.3. The summed E-state index contributed by atoms with van der Waals surface area (Å²) in [6.45, 7) is 15.4. The Hall–Kier alpha value is -3.69. The van der Waals surface area contributed by atoms with Crippen LogP contribution in [0.3, 0.4) is 0 Å². The van der Waals surface area contributed by atoms with Gasteiger partial charge in [0.25, 0.3) is 0 Å². The molecule has 1 aliphatic rings. The number of carboxylic acids is 2. The number of hydrogen-bond acceptors (Lipinski definition) is 4. The van der Waals surface area contributed by atoms with Gasteiger partial charge in [0.2, 0.25) is 0 Å². The molecule has 244 valence electrons. The van der Waals surface area contributed by atoms with E-state index in [0.717, 1.165) is 16.7 Å². The van der Waals surface area contributed by atoms with Crippen LogP contribution in [-0.2, 0) is 16.0 Å². The van der Waals surface area contributed by atoms with Crippen LogP contribution >= 0.6 is 46.4 Å². The highest BCUT2D eigenvalue weighted by Gasteiger charge is 2.23. The predicted octanol–water partition coefficient (Wildman–Crippen LogP) is 7.23. The first-order valence-electron chi connectivity index (χ1n) is 14.2. The van der Waals surface area contributed by atoms with Crippen molar-refractivity contribution in [3.8, 4) is 0 Å². The zero-order valence-electron chi connectivity index (χ0n) is 26.2. The SMILES string of the molecule is C=Cc1c2[nH]c(c1C)/C(Cl)=C(N)/C(C)=C(/CCC(=O)O)C(=C)/C(Cl)=c1\[nH]\c(c(C)c1CCC(=O)O)=C(Cl)/C(=N/C)/C=C(C)\C=C\2Cl. The summed E-state index contributed by atoms with van der Waals surface area (Å²) in [6, 6.07) is 0. The maximum atomic E-state index is 11.7. The summed E-state index contributed by atoms with van der Waals surface area (Å²) in [5.41, 5.74) is 13.0. The Morgan fingerprint density at radius 2 is 1.50 bits per heavy atom. The van der Waals surface area contributed by atoms with Gasteiger partial charge in [0.05, 0.1) is 53.6 Å². The van der Waals surface area contributed by atoms with Crippen LogP contribution in [0.15, 0.2) is 58.3 Å². The van der Waals surface area contributed by atoms with E-state index < -0.39 is 11.9 Å². The third-order valence-corrected chi connectivity index (χ3v) is 9.35. The summed E-state index contributed by atoms with van der Waals surface area (Å²) >= 11 is 27.8. The number of carbonyl (C=O) groups is 2. The highest BCUT2D eigenvalue weighted by molar-refractivity contribution is 6.63. The number of nitrogens with two attached hydrogens (primary N) is 1. The molecule has 6 N–H and O–H groups in total. The van der Waals surface area contributed by atoms with Crippen LogP contribution in [0.25, 0.3) is 26.2 Å². The zero-order valence-corrected chi connectivity index (χ0v) is 29.2. The second-order valence-corrected chi connectivity index (χ2v) is 12.4. The zero-order chi connectivity index (χ0) is 34.6. The molecule has 0 saturated heterocycles. The van der Waals surface area contributed by atoms with E-state index in [9.17, 15) is 19.8 Å². The molecule has 3 heterocycles. The van der Waals surface area contributed by atoms with Crippen LogP contribution in [0.4, 0.5) is 0 Å². The number of hydrogen-bond donors (Lipinski definition) is 5. The van der Waals surface area contributed by atoms with Gasteiger partial charge in [0, 0.05) is 25.5 Å². The molecule has 0 aromatic carbocycles. The van der Waals surface area contributed by atoms with Crippen LogP contribution in [0.1, 0.15) is 66.8 Å². The second-order valence-electron chi connectivity index (χ2n) is 10.8. The van der Waals surface area contributed by atoms with Crippen LogP contribution in [-0.4, -0.2) is 44.9 Å². The van der Waals surface area contributed by atoms with E-state index in [-0.39, 0.29) is 52.1 Å². The summed E-state index contributed by atoms with van der Waals surface area (Å²) in [5.74, 6) is -2.02. The van der Waals surface area contributed by atoms with Crippen LogP contribution in [0.2, 0.25) is 0 Å². The fraction of sp³-hybridized carbons (Fsp3) is 0.265. The van der Waals surface area contributed by atoms with Crippen molar-refractivity contribution in [1.29, 1.82) is 0 Å². The van der Waals surface area contributed by atoms with Gasteiger partial charge in [-0.2, -0.15) is 0 Å². The van der Waals surface area contributed by atoms with E-state index in [0.29, 0.717) is 55.1 Å². The monoisotopic (exact) mass is 704 g/mol. The van der Waals surface area contributed by atoms with Crippen molar-refractivity contribution in [3.63, 3.8) is 0 Å². The first-order chi connectivity index (χ1) is 21.5. The summed E-state index contributed by atoms with van der Waals surface area (Å²) < 4.78 is 0. The Labute approximate surface area is 287 Å². The first-order valence-corrected chi connectivity index (χ1v) is 15.7. The lowest BCUT2D eigenvalue weighted by atomic mass is 9.93. The molecule has 1 aliphatic heterocycles. The molecule has 0 unspecified atom stereocenters. The number of aromatic nitrogens is 2. The van der Waals surface area contributed by atoms with E-state index in [4.69, 9.17) is 52.1 Å². The third kappa shape index (κ3) is 7.64. The molecule has 12 heteroatoms. The standard InChI is InChI=1S/C34H36Cl4N4O4/c1-8-20-18(5)32-29(38)30(39)17(4)21(9-11-25(43)44)16(3)27(36)34-22(10-12-26(45)46)19(6)31(42-34)28(37)24(40-7)14-15(2)13-23(35)33(20)41-32/h8,13-14,41-42H,1,3,9-12,39H2,2,4-7H3,(H,43,44)(H,45,46)/b15-14-,21-17-,23-13-,30-29+,31-28+,34-27+,40-24+. The van der Waals surface area contributed by atoms with Gasteiger partial charge in [-0.05, 0) is 91.7 Å². The molecule has 0 atom stereocenters. The molecule has 0 saturated carbocycles. The Morgan fingerprint density at radius 1 is 0.891 bits per heavy atom. The molecule has 0 spiro atoms. The molecule has 2 aromatic rings. The van der Waals surface area contributed by atoms with Crippen molar-refractivity contribution in [3.05, 3.63) is 97.6 Å². The Bertz CT molecular complexity index is 1930. The maximum Gasteiger partial charge on any atom is 0.303 e. The number of aliphatic carboxylic acids is 2. The van der Waals surface area contributed by atoms with Gasteiger partial charge in [0.15, 0.2) is 0 Å². The van der Waals surface area contributed by atoms with Crippen molar-refractivity contribution in [2.75, 3.05) is 7.05 Å². The van der Waals surface area contributed by atoms with Gasteiger partial charge in [-0.3, -0.25) is 14.6 Å². The van der Waals surface area contributed by atoms with Crippen molar-refractivity contribution in [1.82, 2.24) is 9.97 Å². The van der Waals surface area contributed by atoms with E-state index >= 15 is 0 Å². The van der Waals surface area contributed by atoms with E-state index in [1.54, 1.807) is 39.1 Å². The third-order valence-electron chi connectivity index (χ3n) is 7.86. The number of nitrogens with one attached hydrogen (secondary N) is 2. The number of H-pyrrole nitrogens is 2. The molecular weight excluding hydrogens is 670 g/mol. The fourth-order valence-corrected chi connectivity index (χ4v) is 6.54. The van der Waals surface area contributed by atoms with Crippen LogP contribution < -0.4 is 16.4 Å². The van der Waals surface area contributed by atoms with Gasteiger partial charge >= 0.3 is 11.9 Å². The van der Waals surface area contributed by atoms with Crippen molar-refractivity contribution in [2.24, 2.45) is 10.7 Å². The van der Waals surface area contributed by atoms with Crippen molar-refractivity contribution < 1.29 is 19.8 Å². The number of halogens is 4. The molecule has 2 aromatic heterocycles. The Kier molecular flexibility index (Phi) is 12.2. The molecule has 8 nitrogen and oxygen atoms in total. The molecule has 0 aliphatic carbocycles. The summed E-state index contributed by atoms with van der Waals surface area (Å²) in [7, 11) is 1.60. The Morgan fingerprint density at radius 3 is 2.07 bits per heavy atom. The minimum atomic E-state index is -1.03. The fourth-order valence-electron chi connectivity index (χ4n) is 5.28. The van der Waals surface area contributed by atoms with Crippen molar-refractivity contribution in [2.45, 2.75) is 53.4 Å². The van der Waals surface area contributed by atoms with Crippen molar-refractivity contribution >= 4 is 90.3 Å². The van der Waals surface area contributed by atoms with Gasteiger partial charge < -0.3 is 25.9 Å². The smallest absolute Gasteiger partial charge is 0.303 e. The molecule has 4 bridgehead atoms. The average Bonchev–Trinajstić information content (AvgIpc) is 3.52. The lowest BCUT2D eigenvalue weighted by Crippen LogP contribution is -2.19. The van der Waals surface area contributed by atoms with Gasteiger partial charge in [-0.25, -0.2) is 0 Å². The topological polar surface area (TPSA) is 145 Å². The number of allylic oxidation sites excluding steroid dienone is 6. The van der Waals surface area contributed by atoms with Crippen LogP contribution in [0, 0.1) is 13.8 Å². The van der Waals surface area contributed by atoms with Crippen LogP contribution in [0.5, 0.6) is 0 Å². The molecule has 46 heavy (non-hydrogen) atoms. The van der Waals surface area contributed by atoms with E-state index in [2.05, 4.69) is 28.1 Å². The number of nitrogens with zero attached hydrogens (tertiary/aromatic N) is 1. The largest absolute Gasteiger partial charge is 0.481 e. The number of aromatic amines is 2. The quantitative estimate of drug-likeness (QED) is 0.207. The minimum Gasteiger partial charge on any atom is -0.481 e. The molecular formula is C34H36Cl4N4O4.